The number of halogens is 1. The Morgan fingerprint density at radius 1 is 1.54 bits per heavy atom. The molecule has 0 spiro atoms. The van der Waals surface area contributed by atoms with Crippen LogP contribution in [0.3, 0.4) is 0 Å². The van der Waals surface area contributed by atoms with Gasteiger partial charge in [-0.25, -0.2) is 14.8 Å². The summed E-state index contributed by atoms with van der Waals surface area (Å²) in [7, 11) is 0. The van der Waals surface area contributed by atoms with Crippen molar-refractivity contribution in [2.24, 2.45) is 0 Å². The minimum absolute atomic E-state index is 0. The highest BCUT2D eigenvalue weighted by Gasteiger charge is 2.07. The van der Waals surface area contributed by atoms with Crippen molar-refractivity contribution in [2.75, 3.05) is 0 Å². The monoisotopic (exact) mass is 243 g/mol. The summed E-state index contributed by atoms with van der Waals surface area (Å²) in [6.07, 6.45) is 4.68. The van der Waals surface area contributed by atoms with Gasteiger partial charge in [-0.3, -0.25) is 4.40 Å². The van der Waals surface area contributed by atoms with Crippen molar-refractivity contribution >= 4 is 28.7 Å². The smallest absolute Gasteiger partial charge is 0.356 e. The summed E-state index contributed by atoms with van der Waals surface area (Å²) in [6, 6.07) is 1.71. The number of hydrogen-bond donors (Lipinski definition) is 1. The number of hydrogen-bond acceptors (Lipinski definition) is 3. The molecule has 0 aliphatic heterocycles. The zero-order valence-electron chi connectivity index (χ0n) is 6.41. The Balaban J connectivity index is 0.000000845. The minimum atomic E-state index is -1.04. The van der Waals surface area contributed by atoms with Gasteiger partial charge in [-0.1, -0.05) is 0 Å². The van der Waals surface area contributed by atoms with Crippen LogP contribution in [-0.4, -0.2) is 25.4 Å². The lowest BCUT2D eigenvalue weighted by Gasteiger charge is -1.85. The fourth-order valence-electron chi connectivity index (χ4n) is 0.933. The average Bonchev–Trinajstić information content (AvgIpc) is 2.46. The van der Waals surface area contributed by atoms with Crippen molar-refractivity contribution in [1.82, 2.24) is 14.4 Å². The zero-order valence-corrected chi connectivity index (χ0v) is 8.13. The molecule has 0 bridgehead atoms. The molecule has 0 saturated heterocycles. The third-order valence-corrected chi connectivity index (χ3v) is 1.45. The largest absolute Gasteiger partial charge is 0.476 e. The second kappa shape index (κ2) is 3.53. The van der Waals surface area contributed by atoms with Gasteiger partial charge in [0.2, 0.25) is 5.78 Å². The first kappa shape index (κ1) is 9.66. The fraction of sp³-hybridized carbons (Fsp3) is 0. The van der Waals surface area contributed by atoms with Gasteiger partial charge >= 0.3 is 5.97 Å². The number of rotatable bonds is 1. The van der Waals surface area contributed by atoms with Crippen LogP contribution >= 0.6 is 17.0 Å². The highest BCUT2D eigenvalue weighted by Crippen LogP contribution is 2.00. The first-order valence-electron chi connectivity index (χ1n) is 3.30. The quantitative estimate of drug-likeness (QED) is 0.812. The van der Waals surface area contributed by atoms with E-state index < -0.39 is 5.97 Å². The molecule has 0 fully saturated rings. The molecular weight excluding hydrogens is 238 g/mol. The van der Waals surface area contributed by atoms with Crippen LogP contribution in [0.25, 0.3) is 5.78 Å². The van der Waals surface area contributed by atoms with Crippen LogP contribution in [0.5, 0.6) is 0 Å². The summed E-state index contributed by atoms with van der Waals surface area (Å²) in [4.78, 5) is 18.1. The van der Waals surface area contributed by atoms with Crippen LogP contribution < -0.4 is 0 Å². The van der Waals surface area contributed by atoms with E-state index in [-0.39, 0.29) is 22.7 Å². The predicted molar refractivity (Wildman–Crippen MR) is 50.3 cm³/mol. The van der Waals surface area contributed by atoms with Gasteiger partial charge in [0.05, 0.1) is 0 Å². The van der Waals surface area contributed by atoms with Gasteiger partial charge in [0.25, 0.3) is 0 Å². The molecule has 0 aromatic carbocycles. The fourth-order valence-corrected chi connectivity index (χ4v) is 0.933. The van der Waals surface area contributed by atoms with Gasteiger partial charge in [-0.2, -0.15) is 0 Å². The number of aromatic nitrogens is 3. The Morgan fingerprint density at radius 2 is 2.31 bits per heavy atom. The molecule has 0 saturated carbocycles. The topological polar surface area (TPSA) is 67.5 Å². The Bertz CT molecular complexity index is 407. The molecule has 2 rings (SSSR count). The lowest BCUT2D eigenvalue weighted by Crippen LogP contribution is -1.94. The van der Waals surface area contributed by atoms with Gasteiger partial charge in [-0.15, -0.1) is 17.0 Å². The van der Waals surface area contributed by atoms with E-state index in [1.807, 2.05) is 0 Å². The van der Waals surface area contributed by atoms with E-state index in [9.17, 15) is 4.79 Å². The van der Waals surface area contributed by atoms with Gasteiger partial charge in [0.15, 0.2) is 5.69 Å². The van der Waals surface area contributed by atoms with Crippen molar-refractivity contribution in [3.63, 3.8) is 0 Å². The molecule has 0 atom stereocenters. The van der Waals surface area contributed by atoms with Crippen molar-refractivity contribution in [1.29, 1.82) is 0 Å². The van der Waals surface area contributed by atoms with Crippen LogP contribution in [0.1, 0.15) is 10.5 Å². The van der Waals surface area contributed by atoms with E-state index in [2.05, 4.69) is 9.97 Å². The van der Waals surface area contributed by atoms with Gasteiger partial charge < -0.3 is 5.11 Å². The Morgan fingerprint density at radius 3 is 2.92 bits per heavy atom. The maximum Gasteiger partial charge on any atom is 0.356 e. The highest BCUT2D eigenvalue weighted by atomic mass is 79.9. The highest BCUT2D eigenvalue weighted by molar-refractivity contribution is 8.93. The van der Waals surface area contributed by atoms with Crippen LogP contribution in [-0.2, 0) is 0 Å². The first-order chi connectivity index (χ1) is 5.77. The number of aromatic carboxylic acids is 1. The summed E-state index contributed by atoms with van der Waals surface area (Å²) in [5.74, 6) is -0.643. The molecule has 2 heterocycles. The maximum absolute atomic E-state index is 10.5. The maximum atomic E-state index is 10.5. The van der Waals surface area contributed by atoms with Crippen molar-refractivity contribution in [2.45, 2.75) is 0 Å². The van der Waals surface area contributed by atoms with Gasteiger partial charge in [-0.05, 0) is 6.07 Å². The third kappa shape index (κ3) is 1.67. The summed E-state index contributed by atoms with van der Waals surface area (Å²) in [5, 5.41) is 8.58. The first-order valence-corrected chi connectivity index (χ1v) is 3.30. The average molecular weight is 244 g/mol. The summed E-state index contributed by atoms with van der Waals surface area (Å²) < 4.78 is 1.56. The third-order valence-electron chi connectivity index (χ3n) is 1.45. The molecule has 6 heteroatoms. The SMILES string of the molecule is Br.O=C(O)c1cn2cccnc2n1. The molecular formula is C7H6BrN3O2. The molecule has 2 aromatic heterocycles. The summed E-state index contributed by atoms with van der Waals surface area (Å²) >= 11 is 0. The number of fused-ring (bicyclic) bond motifs is 1. The van der Waals surface area contributed by atoms with Crippen molar-refractivity contribution < 1.29 is 9.90 Å². The van der Waals surface area contributed by atoms with E-state index in [0.29, 0.717) is 5.78 Å². The second-order valence-electron chi connectivity index (χ2n) is 2.26. The van der Waals surface area contributed by atoms with Gasteiger partial charge in [0.1, 0.15) is 0 Å². The van der Waals surface area contributed by atoms with E-state index >= 15 is 0 Å². The number of carboxylic acid groups (broad SMARTS) is 1. The zero-order chi connectivity index (χ0) is 8.55. The van der Waals surface area contributed by atoms with E-state index in [1.165, 1.54) is 6.20 Å². The van der Waals surface area contributed by atoms with Crippen LogP contribution in [0.2, 0.25) is 0 Å². The molecule has 68 valence electrons. The van der Waals surface area contributed by atoms with Crippen LogP contribution in [0, 0.1) is 0 Å². The summed E-state index contributed by atoms with van der Waals surface area (Å²) in [5.41, 5.74) is 0.00806. The molecule has 1 N–H and O–H groups in total. The van der Waals surface area contributed by atoms with Crippen molar-refractivity contribution in [3.05, 3.63) is 30.4 Å². The van der Waals surface area contributed by atoms with Crippen LogP contribution in [0.15, 0.2) is 24.7 Å². The normalized spacial score (nSPS) is 9.54. The molecule has 5 nitrogen and oxygen atoms in total. The lowest BCUT2D eigenvalue weighted by atomic mass is 10.5. The number of nitrogens with zero attached hydrogens (tertiary/aromatic N) is 3. The van der Waals surface area contributed by atoms with Gasteiger partial charge in [0, 0.05) is 18.6 Å². The predicted octanol–water partition coefficient (Wildman–Crippen LogP) is 1.01. The molecule has 0 radical (unpaired) electrons. The summed E-state index contributed by atoms with van der Waals surface area (Å²) in [6.45, 7) is 0. The Hall–Kier alpha value is -1.43. The molecule has 0 aliphatic carbocycles. The van der Waals surface area contributed by atoms with Crippen LogP contribution in [0.4, 0.5) is 0 Å². The molecule has 2 aromatic rings. The van der Waals surface area contributed by atoms with E-state index in [1.54, 1.807) is 22.9 Å². The Kier molecular flexibility index (Phi) is 2.62. The number of carboxylic acids is 1. The lowest BCUT2D eigenvalue weighted by molar-refractivity contribution is 0.0691. The minimum Gasteiger partial charge on any atom is -0.476 e. The second-order valence-corrected chi connectivity index (χ2v) is 2.26. The van der Waals surface area contributed by atoms with E-state index in [4.69, 9.17) is 5.11 Å². The standard InChI is InChI=1S/C7H5N3O2.BrH/c11-6(12)5-4-10-3-1-2-8-7(10)9-5;/h1-4H,(H,11,12);1H. The Labute approximate surface area is 83.8 Å². The van der Waals surface area contributed by atoms with E-state index in [0.717, 1.165) is 0 Å². The number of carbonyl (C=O) groups is 1. The molecule has 13 heavy (non-hydrogen) atoms. The molecule has 0 unspecified atom stereocenters. The number of imidazole rings is 1. The van der Waals surface area contributed by atoms with Crippen molar-refractivity contribution in [3.8, 4) is 0 Å². The molecule has 0 aliphatic rings. The molecule has 0 amide bonds.